The number of hydrogen-bond donors (Lipinski definition) is 0. The average molecular weight is 435 g/mol. The zero-order valence-corrected chi connectivity index (χ0v) is 17.7. The largest absolute Gasteiger partial charge is 0.467 e. The molecule has 3 aliphatic rings. The van der Waals surface area contributed by atoms with Gasteiger partial charge in [-0.3, -0.25) is 4.79 Å². The lowest BCUT2D eigenvalue weighted by Crippen LogP contribution is -2.47. The lowest BCUT2D eigenvalue weighted by atomic mass is 10.0. The molecular weight excluding hydrogens is 410 g/mol. The van der Waals surface area contributed by atoms with Crippen molar-refractivity contribution in [2.24, 2.45) is 0 Å². The topological polar surface area (TPSA) is 81.2 Å². The van der Waals surface area contributed by atoms with Crippen LogP contribution in [-0.2, 0) is 6.54 Å². The number of carbonyl (C=O) groups is 1. The van der Waals surface area contributed by atoms with Gasteiger partial charge in [-0.2, -0.15) is 0 Å². The third-order valence-corrected chi connectivity index (χ3v) is 6.52. The van der Waals surface area contributed by atoms with Crippen molar-refractivity contribution in [1.29, 1.82) is 0 Å². The third kappa shape index (κ3) is 3.70. The van der Waals surface area contributed by atoms with E-state index >= 15 is 0 Å². The van der Waals surface area contributed by atoms with Gasteiger partial charge in [0.1, 0.15) is 11.5 Å². The molecule has 166 valence electrons. The van der Waals surface area contributed by atoms with E-state index < -0.39 is 0 Å². The summed E-state index contributed by atoms with van der Waals surface area (Å²) in [7, 11) is 0. The van der Waals surface area contributed by atoms with E-state index in [0.717, 1.165) is 67.5 Å². The summed E-state index contributed by atoms with van der Waals surface area (Å²) in [5.41, 5.74) is 1.50. The summed E-state index contributed by atoms with van der Waals surface area (Å²) in [5, 5.41) is 4.09. The molecule has 0 atom stereocenters. The minimum Gasteiger partial charge on any atom is -0.467 e. The van der Waals surface area contributed by atoms with Gasteiger partial charge in [-0.05, 0) is 49.9 Å². The number of furan rings is 1. The Morgan fingerprint density at radius 1 is 1.06 bits per heavy atom. The number of rotatable bonds is 6. The highest BCUT2D eigenvalue weighted by molar-refractivity contribution is 5.92. The molecule has 0 radical (unpaired) electrons. The summed E-state index contributed by atoms with van der Waals surface area (Å²) in [4.78, 5) is 17.6. The van der Waals surface area contributed by atoms with Gasteiger partial charge in [-0.1, -0.05) is 5.16 Å². The summed E-state index contributed by atoms with van der Waals surface area (Å²) < 4.78 is 21.9. The quantitative estimate of drug-likeness (QED) is 0.574. The number of hydrogen-bond acceptors (Lipinski definition) is 7. The van der Waals surface area contributed by atoms with Crippen molar-refractivity contribution in [3.8, 4) is 11.5 Å². The van der Waals surface area contributed by atoms with Crippen molar-refractivity contribution >= 4 is 11.6 Å². The van der Waals surface area contributed by atoms with Crippen LogP contribution in [0, 0.1) is 0 Å². The summed E-state index contributed by atoms with van der Waals surface area (Å²) in [5.74, 6) is 3.49. The summed E-state index contributed by atoms with van der Waals surface area (Å²) in [6.07, 6.45) is 5.57. The molecule has 0 spiro atoms. The van der Waals surface area contributed by atoms with Crippen molar-refractivity contribution in [2.45, 2.75) is 44.2 Å². The van der Waals surface area contributed by atoms with Crippen LogP contribution in [0.15, 0.2) is 51.6 Å². The van der Waals surface area contributed by atoms with Gasteiger partial charge in [0.15, 0.2) is 17.2 Å². The molecule has 4 heterocycles. The van der Waals surface area contributed by atoms with Crippen LogP contribution in [0.5, 0.6) is 11.5 Å². The van der Waals surface area contributed by atoms with E-state index in [0.29, 0.717) is 18.2 Å². The molecule has 0 bridgehead atoms. The second-order valence-corrected chi connectivity index (χ2v) is 8.66. The second-order valence-electron chi connectivity index (χ2n) is 8.66. The van der Waals surface area contributed by atoms with Crippen molar-refractivity contribution in [3.05, 3.63) is 59.9 Å². The monoisotopic (exact) mass is 435 g/mol. The van der Waals surface area contributed by atoms with Gasteiger partial charge in [0.2, 0.25) is 6.79 Å². The number of nitrogens with zero attached hydrogens (tertiary/aromatic N) is 3. The van der Waals surface area contributed by atoms with E-state index in [1.807, 2.05) is 35.2 Å². The number of fused-ring (bicyclic) bond motifs is 1. The fraction of sp³-hybridized carbons (Fsp3) is 0.417. The predicted octanol–water partition coefficient (Wildman–Crippen LogP) is 4.19. The molecule has 3 aromatic rings. The first-order valence-corrected chi connectivity index (χ1v) is 11.2. The number of aromatic nitrogens is 1. The average Bonchev–Trinajstić information content (AvgIpc) is 3.24. The Morgan fingerprint density at radius 3 is 2.69 bits per heavy atom. The van der Waals surface area contributed by atoms with E-state index in [1.54, 1.807) is 6.26 Å². The lowest BCUT2D eigenvalue weighted by molar-refractivity contribution is 0.0603. The van der Waals surface area contributed by atoms with Crippen LogP contribution in [-0.4, -0.2) is 41.9 Å². The maximum Gasteiger partial charge on any atom is 0.276 e. The molecule has 8 heteroatoms. The zero-order chi connectivity index (χ0) is 21.5. The van der Waals surface area contributed by atoms with Crippen molar-refractivity contribution in [1.82, 2.24) is 10.1 Å². The van der Waals surface area contributed by atoms with Crippen LogP contribution in [0.3, 0.4) is 0 Å². The normalized spacial score (nSPS) is 18.2. The number of benzene rings is 1. The number of anilines is 1. The summed E-state index contributed by atoms with van der Waals surface area (Å²) in [6, 6.07) is 11.7. The standard InChI is InChI=1S/C24H25N3O5/c28-24(20-13-22(32-25-20)16-3-4-16)27(14-19-2-1-11-29-19)17-7-9-26(10-8-17)18-5-6-21-23(12-18)31-15-30-21/h1-2,5-6,11-13,16-17H,3-4,7-10,14-15H2. The fourth-order valence-corrected chi connectivity index (χ4v) is 4.55. The lowest BCUT2D eigenvalue weighted by Gasteiger charge is -2.39. The van der Waals surface area contributed by atoms with E-state index in [-0.39, 0.29) is 18.7 Å². The summed E-state index contributed by atoms with van der Waals surface area (Å²) >= 11 is 0. The van der Waals surface area contributed by atoms with Crippen molar-refractivity contribution < 1.29 is 23.2 Å². The summed E-state index contributed by atoms with van der Waals surface area (Å²) in [6.45, 7) is 2.39. The molecule has 1 aromatic carbocycles. The minimum atomic E-state index is -0.0985. The van der Waals surface area contributed by atoms with Crippen LogP contribution in [0.4, 0.5) is 5.69 Å². The molecule has 0 N–H and O–H groups in total. The van der Waals surface area contributed by atoms with Gasteiger partial charge in [-0.25, -0.2) is 0 Å². The highest BCUT2D eigenvalue weighted by Gasteiger charge is 2.33. The van der Waals surface area contributed by atoms with Gasteiger partial charge in [0.05, 0.1) is 12.8 Å². The number of carbonyl (C=O) groups excluding carboxylic acids is 1. The van der Waals surface area contributed by atoms with Crippen LogP contribution in [0.1, 0.15) is 53.6 Å². The Bertz CT molecular complexity index is 1100. The second kappa shape index (κ2) is 7.93. The van der Waals surface area contributed by atoms with Crippen LogP contribution in [0.25, 0.3) is 0 Å². The molecule has 1 aliphatic carbocycles. The number of piperidine rings is 1. The van der Waals surface area contributed by atoms with E-state index in [2.05, 4.69) is 16.1 Å². The molecule has 1 amide bonds. The van der Waals surface area contributed by atoms with E-state index in [9.17, 15) is 4.79 Å². The first kappa shape index (κ1) is 19.3. The van der Waals surface area contributed by atoms with Crippen LogP contribution < -0.4 is 14.4 Å². The number of amides is 1. The highest BCUT2D eigenvalue weighted by atomic mass is 16.7. The van der Waals surface area contributed by atoms with Gasteiger partial charge in [0, 0.05) is 42.9 Å². The Labute approximate surface area is 185 Å². The zero-order valence-electron chi connectivity index (χ0n) is 17.7. The highest BCUT2D eigenvalue weighted by Crippen LogP contribution is 2.40. The maximum atomic E-state index is 13.4. The molecule has 6 rings (SSSR count). The van der Waals surface area contributed by atoms with Crippen LogP contribution in [0.2, 0.25) is 0 Å². The smallest absolute Gasteiger partial charge is 0.276 e. The van der Waals surface area contributed by atoms with Gasteiger partial charge in [0.25, 0.3) is 5.91 Å². The third-order valence-electron chi connectivity index (χ3n) is 6.52. The molecule has 2 fully saturated rings. The van der Waals surface area contributed by atoms with Gasteiger partial charge < -0.3 is 28.2 Å². The Morgan fingerprint density at radius 2 is 1.91 bits per heavy atom. The Balaban J connectivity index is 1.18. The van der Waals surface area contributed by atoms with Crippen molar-refractivity contribution in [2.75, 3.05) is 24.8 Å². The molecule has 1 saturated carbocycles. The maximum absolute atomic E-state index is 13.4. The van der Waals surface area contributed by atoms with Gasteiger partial charge >= 0.3 is 0 Å². The SMILES string of the molecule is O=C(c1cc(C2CC2)on1)N(Cc1ccco1)C1CCN(c2ccc3c(c2)OCO3)CC1. The Kier molecular flexibility index (Phi) is 4.78. The van der Waals surface area contributed by atoms with E-state index in [4.69, 9.17) is 18.4 Å². The van der Waals surface area contributed by atoms with Crippen LogP contribution >= 0.6 is 0 Å². The molecule has 1 saturated heterocycles. The van der Waals surface area contributed by atoms with Crippen molar-refractivity contribution in [3.63, 3.8) is 0 Å². The minimum absolute atomic E-state index is 0.0962. The van der Waals surface area contributed by atoms with Gasteiger partial charge in [-0.15, -0.1) is 0 Å². The fourth-order valence-electron chi connectivity index (χ4n) is 4.55. The molecule has 2 aliphatic heterocycles. The molecule has 8 nitrogen and oxygen atoms in total. The molecule has 32 heavy (non-hydrogen) atoms. The molecule has 2 aromatic heterocycles. The molecular formula is C24H25N3O5. The molecule has 0 unspecified atom stereocenters. The first-order valence-electron chi connectivity index (χ1n) is 11.2. The first-order chi connectivity index (χ1) is 15.7. The Hall–Kier alpha value is -3.42. The van der Waals surface area contributed by atoms with E-state index in [1.165, 1.54) is 0 Å². The number of ether oxygens (including phenoxy) is 2. The predicted molar refractivity (Wildman–Crippen MR) is 115 cm³/mol.